The summed E-state index contributed by atoms with van der Waals surface area (Å²) in [5.74, 6) is 1.82. The van der Waals surface area contributed by atoms with Gasteiger partial charge in [-0.2, -0.15) is 0 Å². The van der Waals surface area contributed by atoms with Crippen molar-refractivity contribution in [1.29, 1.82) is 0 Å². The van der Waals surface area contributed by atoms with E-state index in [1.165, 1.54) is 7.11 Å². The minimum absolute atomic E-state index is 0.131. The molecule has 3 rings (SSSR count). The lowest BCUT2D eigenvalue weighted by atomic mass is 10.1. The molecule has 140 valence electrons. The smallest absolute Gasteiger partial charge is 0.337 e. The zero-order valence-corrected chi connectivity index (χ0v) is 16.3. The van der Waals surface area contributed by atoms with Crippen molar-refractivity contribution >= 4 is 27.6 Å². The van der Waals surface area contributed by atoms with Gasteiger partial charge in [0.05, 0.1) is 24.2 Å². The summed E-state index contributed by atoms with van der Waals surface area (Å²) >= 11 is 1.55. The molecule has 1 atom stereocenters. The average Bonchev–Trinajstić information content (AvgIpc) is 3.15. The molecule has 1 aromatic carbocycles. The van der Waals surface area contributed by atoms with Crippen molar-refractivity contribution in [1.82, 2.24) is 14.8 Å². The van der Waals surface area contributed by atoms with Gasteiger partial charge in [-0.15, -0.1) is 10.2 Å². The number of esters is 1. The number of aromatic nitrogens is 3. The molecule has 0 radical (unpaired) electrons. The van der Waals surface area contributed by atoms with Gasteiger partial charge in [0.15, 0.2) is 15.0 Å². The van der Waals surface area contributed by atoms with Crippen LogP contribution in [0.15, 0.2) is 29.4 Å². The van der Waals surface area contributed by atoms with Crippen LogP contribution in [0.1, 0.15) is 28.2 Å². The molecule has 0 spiro atoms. The number of nitrogens with zero attached hydrogens (tertiary/aromatic N) is 3. The maximum Gasteiger partial charge on any atom is 0.337 e. The second-order valence-electron chi connectivity index (χ2n) is 6.41. The highest BCUT2D eigenvalue weighted by molar-refractivity contribution is 7.98. The second-order valence-corrected chi connectivity index (χ2v) is 9.58. The van der Waals surface area contributed by atoms with Gasteiger partial charge in [0, 0.05) is 19.2 Å². The van der Waals surface area contributed by atoms with E-state index in [2.05, 4.69) is 14.9 Å². The van der Waals surface area contributed by atoms with Gasteiger partial charge >= 0.3 is 5.97 Å². The number of carbonyl (C=O) groups excluding carboxylic acids is 1. The lowest BCUT2D eigenvalue weighted by molar-refractivity contribution is 0.0600. The van der Waals surface area contributed by atoms with Gasteiger partial charge in [0.2, 0.25) is 0 Å². The van der Waals surface area contributed by atoms with E-state index in [9.17, 15) is 13.2 Å². The minimum Gasteiger partial charge on any atom is -0.465 e. The molecule has 1 aliphatic heterocycles. The molecule has 0 N–H and O–H groups in total. The van der Waals surface area contributed by atoms with Gasteiger partial charge in [-0.25, -0.2) is 13.2 Å². The van der Waals surface area contributed by atoms with Crippen molar-refractivity contribution in [3.63, 3.8) is 0 Å². The number of ether oxygens (including phenoxy) is 1. The molecule has 9 heteroatoms. The predicted octanol–water partition coefficient (Wildman–Crippen LogP) is 1.87. The van der Waals surface area contributed by atoms with E-state index in [4.69, 9.17) is 0 Å². The highest BCUT2D eigenvalue weighted by Gasteiger charge is 2.29. The molecule has 0 aliphatic carbocycles. The van der Waals surface area contributed by atoms with E-state index in [-0.39, 0.29) is 23.4 Å². The van der Waals surface area contributed by atoms with Crippen molar-refractivity contribution in [2.24, 2.45) is 13.0 Å². The number of benzene rings is 1. The molecule has 26 heavy (non-hydrogen) atoms. The molecule has 0 saturated carbocycles. The monoisotopic (exact) mass is 395 g/mol. The van der Waals surface area contributed by atoms with Crippen LogP contribution in [-0.4, -0.2) is 47.8 Å². The zero-order chi connectivity index (χ0) is 18.7. The maximum atomic E-state index is 11.6. The molecular weight excluding hydrogens is 374 g/mol. The first-order valence-corrected chi connectivity index (χ1v) is 11.1. The maximum absolute atomic E-state index is 11.6. The van der Waals surface area contributed by atoms with Crippen LogP contribution in [-0.2, 0) is 33.8 Å². The van der Waals surface area contributed by atoms with Crippen molar-refractivity contribution in [3.05, 3.63) is 41.2 Å². The topological polar surface area (TPSA) is 91.2 Å². The quantitative estimate of drug-likeness (QED) is 0.545. The van der Waals surface area contributed by atoms with E-state index in [0.717, 1.165) is 16.5 Å². The SMILES string of the molecule is COC(=O)c1ccc(CSc2nnc(C[C@@H]3CCS(=O)(=O)C3)n2C)cc1. The van der Waals surface area contributed by atoms with E-state index in [1.54, 1.807) is 23.9 Å². The van der Waals surface area contributed by atoms with Crippen LogP contribution in [0, 0.1) is 5.92 Å². The van der Waals surface area contributed by atoms with Gasteiger partial charge in [0.1, 0.15) is 5.82 Å². The van der Waals surface area contributed by atoms with Crippen LogP contribution in [0.3, 0.4) is 0 Å². The Balaban J connectivity index is 1.59. The fourth-order valence-electron chi connectivity index (χ4n) is 2.94. The summed E-state index contributed by atoms with van der Waals surface area (Å²) in [5.41, 5.74) is 1.59. The number of methoxy groups -OCH3 is 1. The molecule has 1 aliphatic rings. The van der Waals surface area contributed by atoms with E-state index < -0.39 is 9.84 Å². The third kappa shape index (κ3) is 4.45. The number of hydrogen-bond donors (Lipinski definition) is 0. The average molecular weight is 396 g/mol. The standard InChI is InChI=1S/C17H21N3O4S2/c1-20-15(9-13-7-8-26(22,23)11-13)18-19-17(20)25-10-12-3-5-14(6-4-12)16(21)24-2/h3-6,13H,7-11H2,1-2H3/t13-/m0/s1. The normalized spacial score (nSPS) is 18.8. The first kappa shape index (κ1) is 18.9. The van der Waals surface area contributed by atoms with Crippen molar-refractivity contribution < 1.29 is 17.9 Å². The van der Waals surface area contributed by atoms with Crippen LogP contribution in [0.25, 0.3) is 0 Å². The largest absolute Gasteiger partial charge is 0.465 e. The summed E-state index contributed by atoms with van der Waals surface area (Å²) < 4.78 is 29.8. The fraction of sp³-hybridized carbons (Fsp3) is 0.471. The summed E-state index contributed by atoms with van der Waals surface area (Å²) in [7, 11) is 0.389. The van der Waals surface area contributed by atoms with Gasteiger partial charge in [-0.3, -0.25) is 0 Å². The molecule has 2 heterocycles. The third-order valence-corrected chi connectivity index (χ3v) is 7.39. The molecule has 1 fully saturated rings. The number of rotatable bonds is 6. The van der Waals surface area contributed by atoms with E-state index in [0.29, 0.717) is 24.2 Å². The highest BCUT2D eigenvalue weighted by atomic mass is 32.2. The zero-order valence-electron chi connectivity index (χ0n) is 14.7. The third-order valence-electron chi connectivity index (χ3n) is 4.47. The molecule has 7 nitrogen and oxygen atoms in total. The Bertz CT molecular complexity index is 891. The van der Waals surface area contributed by atoms with Crippen LogP contribution in [0.5, 0.6) is 0 Å². The summed E-state index contributed by atoms with van der Waals surface area (Å²) in [6.07, 6.45) is 1.33. The lowest BCUT2D eigenvalue weighted by Gasteiger charge is -2.08. The Hall–Kier alpha value is -1.87. The molecule has 1 saturated heterocycles. The Kier molecular flexibility index (Phi) is 5.67. The Morgan fingerprint density at radius 3 is 2.65 bits per heavy atom. The molecule has 0 unspecified atom stereocenters. The Morgan fingerprint density at radius 2 is 2.04 bits per heavy atom. The van der Waals surface area contributed by atoms with Crippen molar-refractivity contribution in [3.8, 4) is 0 Å². The van der Waals surface area contributed by atoms with Gasteiger partial charge in [-0.05, 0) is 30.0 Å². The van der Waals surface area contributed by atoms with Crippen molar-refractivity contribution in [2.75, 3.05) is 18.6 Å². The summed E-state index contributed by atoms with van der Waals surface area (Å²) in [6.45, 7) is 0. The van der Waals surface area contributed by atoms with Crippen LogP contribution in [0.4, 0.5) is 0 Å². The second kappa shape index (κ2) is 7.79. The molecule has 2 aromatic rings. The number of hydrogen-bond acceptors (Lipinski definition) is 7. The number of thioether (sulfide) groups is 1. The van der Waals surface area contributed by atoms with Crippen LogP contribution >= 0.6 is 11.8 Å². The predicted molar refractivity (Wildman–Crippen MR) is 98.8 cm³/mol. The van der Waals surface area contributed by atoms with Crippen LogP contribution < -0.4 is 0 Å². The number of carbonyl (C=O) groups is 1. The minimum atomic E-state index is -2.88. The first-order valence-electron chi connectivity index (χ1n) is 8.26. The van der Waals surface area contributed by atoms with Gasteiger partial charge in [-0.1, -0.05) is 23.9 Å². The summed E-state index contributed by atoms with van der Waals surface area (Å²) in [6, 6.07) is 7.26. The fourth-order valence-corrected chi connectivity index (χ4v) is 5.69. The summed E-state index contributed by atoms with van der Waals surface area (Å²) in [5, 5.41) is 9.23. The van der Waals surface area contributed by atoms with Crippen LogP contribution in [0.2, 0.25) is 0 Å². The molecule has 0 amide bonds. The highest BCUT2D eigenvalue weighted by Crippen LogP contribution is 2.25. The summed E-state index contributed by atoms with van der Waals surface area (Å²) in [4.78, 5) is 11.4. The van der Waals surface area contributed by atoms with Gasteiger partial charge in [0.25, 0.3) is 0 Å². The lowest BCUT2D eigenvalue weighted by Crippen LogP contribution is -2.11. The van der Waals surface area contributed by atoms with E-state index >= 15 is 0 Å². The Labute approximate surface area is 157 Å². The first-order chi connectivity index (χ1) is 12.4. The molecular formula is C17H21N3O4S2. The Morgan fingerprint density at radius 1 is 1.31 bits per heavy atom. The van der Waals surface area contributed by atoms with E-state index in [1.807, 2.05) is 23.7 Å². The molecule has 0 bridgehead atoms. The van der Waals surface area contributed by atoms with Gasteiger partial charge < -0.3 is 9.30 Å². The molecule has 1 aromatic heterocycles. The number of sulfone groups is 1. The van der Waals surface area contributed by atoms with Crippen molar-refractivity contribution in [2.45, 2.75) is 23.8 Å².